The third kappa shape index (κ3) is 5.00. The maximum absolute atomic E-state index is 12.2. The number of rotatable bonds is 6. The normalized spacial score (nSPS) is 9.96. The van der Waals surface area contributed by atoms with Crippen molar-refractivity contribution < 1.29 is 19.1 Å². The first kappa shape index (κ1) is 16.8. The molecule has 23 heavy (non-hydrogen) atoms. The quantitative estimate of drug-likeness (QED) is 0.755. The number of carbonyl (C=O) groups is 2. The van der Waals surface area contributed by atoms with Crippen molar-refractivity contribution in [1.29, 1.82) is 0 Å². The van der Waals surface area contributed by atoms with Crippen LogP contribution in [0.2, 0.25) is 0 Å². The number of alkyl halides is 1. The number of primary amides is 1. The molecule has 0 aliphatic rings. The Kier molecular flexibility index (Phi) is 5.99. The van der Waals surface area contributed by atoms with Gasteiger partial charge in [0.1, 0.15) is 5.75 Å². The van der Waals surface area contributed by atoms with Gasteiger partial charge in [0.05, 0.1) is 12.3 Å². The van der Waals surface area contributed by atoms with Crippen LogP contribution < -0.4 is 20.5 Å². The smallest absolute Gasteiger partial charge is 0.410 e. The summed E-state index contributed by atoms with van der Waals surface area (Å²) in [6.45, 7) is 0.545. The van der Waals surface area contributed by atoms with Gasteiger partial charge >= 0.3 is 6.09 Å². The molecular formula is C16H15BrN2O4. The minimum Gasteiger partial charge on any atom is -0.493 e. The number of amides is 2. The van der Waals surface area contributed by atoms with Gasteiger partial charge in [0.15, 0.2) is 5.75 Å². The van der Waals surface area contributed by atoms with Crippen LogP contribution in [0.15, 0.2) is 48.5 Å². The lowest BCUT2D eigenvalue weighted by Gasteiger charge is -2.10. The second-order valence-corrected chi connectivity index (χ2v) is 5.23. The standard InChI is InChI=1S/C16H15BrN2O4/c17-9-10-22-12-7-5-11(6-8-12)15(20)19-13-3-1-2-4-14(13)23-16(18)21/h1-8H,9-10H2,(H2,18,21)(H,19,20). The molecule has 2 aromatic rings. The average molecular weight is 379 g/mol. The highest BCUT2D eigenvalue weighted by molar-refractivity contribution is 9.09. The Labute approximate surface area is 141 Å². The molecule has 3 N–H and O–H groups in total. The van der Waals surface area contributed by atoms with Crippen molar-refractivity contribution in [2.24, 2.45) is 5.73 Å². The van der Waals surface area contributed by atoms with E-state index in [1.807, 2.05) is 0 Å². The van der Waals surface area contributed by atoms with Crippen LogP contribution in [0.3, 0.4) is 0 Å². The van der Waals surface area contributed by atoms with Crippen LogP contribution in [-0.2, 0) is 0 Å². The third-order valence-corrected chi connectivity index (χ3v) is 3.13. The van der Waals surface area contributed by atoms with E-state index in [1.165, 1.54) is 6.07 Å². The summed E-state index contributed by atoms with van der Waals surface area (Å²) in [6.07, 6.45) is -0.944. The number of halogens is 1. The summed E-state index contributed by atoms with van der Waals surface area (Å²) in [6, 6.07) is 13.3. The summed E-state index contributed by atoms with van der Waals surface area (Å²) in [5.74, 6) is 0.529. The molecule has 0 aromatic heterocycles. The van der Waals surface area contributed by atoms with E-state index >= 15 is 0 Å². The van der Waals surface area contributed by atoms with Crippen molar-refractivity contribution in [3.8, 4) is 11.5 Å². The van der Waals surface area contributed by atoms with Gasteiger partial charge in [-0.2, -0.15) is 0 Å². The van der Waals surface area contributed by atoms with Gasteiger partial charge in [-0.05, 0) is 36.4 Å². The zero-order chi connectivity index (χ0) is 16.7. The van der Waals surface area contributed by atoms with E-state index in [2.05, 4.69) is 21.2 Å². The van der Waals surface area contributed by atoms with Gasteiger partial charge < -0.3 is 20.5 Å². The molecule has 0 aliphatic heterocycles. The van der Waals surface area contributed by atoms with E-state index < -0.39 is 6.09 Å². The molecule has 0 saturated carbocycles. The number of hydrogen-bond donors (Lipinski definition) is 2. The van der Waals surface area contributed by atoms with Crippen molar-refractivity contribution in [1.82, 2.24) is 0 Å². The summed E-state index contributed by atoms with van der Waals surface area (Å²) >= 11 is 3.27. The van der Waals surface area contributed by atoms with Crippen LogP contribution in [0.1, 0.15) is 10.4 Å². The molecule has 0 heterocycles. The first-order valence-corrected chi connectivity index (χ1v) is 7.89. The zero-order valence-electron chi connectivity index (χ0n) is 12.1. The lowest BCUT2D eigenvalue weighted by Crippen LogP contribution is -2.18. The van der Waals surface area contributed by atoms with Crippen molar-refractivity contribution in [2.75, 3.05) is 17.3 Å². The van der Waals surface area contributed by atoms with Gasteiger partial charge in [-0.3, -0.25) is 4.79 Å². The van der Waals surface area contributed by atoms with E-state index in [0.717, 1.165) is 5.33 Å². The molecule has 7 heteroatoms. The second-order valence-electron chi connectivity index (χ2n) is 4.43. The molecule has 0 fully saturated rings. The number of para-hydroxylation sites is 2. The monoisotopic (exact) mass is 378 g/mol. The minimum absolute atomic E-state index is 0.186. The number of nitrogens with one attached hydrogen (secondary N) is 1. The summed E-state index contributed by atoms with van der Waals surface area (Å²) in [4.78, 5) is 23.1. The second kappa shape index (κ2) is 8.19. The largest absolute Gasteiger partial charge is 0.493 e. The summed E-state index contributed by atoms with van der Waals surface area (Å²) in [5, 5.41) is 3.40. The Hall–Kier alpha value is -2.54. The topological polar surface area (TPSA) is 90.7 Å². The van der Waals surface area contributed by atoms with E-state index in [4.69, 9.17) is 15.2 Å². The van der Waals surface area contributed by atoms with Crippen molar-refractivity contribution in [3.63, 3.8) is 0 Å². The summed E-state index contributed by atoms with van der Waals surface area (Å²) < 4.78 is 10.3. The van der Waals surface area contributed by atoms with E-state index in [-0.39, 0.29) is 11.7 Å². The van der Waals surface area contributed by atoms with Gasteiger partial charge in [0.25, 0.3) is 5.91 Å². The summed E-state index contributed by atoms with van der Waals surface area (Å²) in [7, 11) is 0. The molecule has 120 valence electrons. The number of anilines is 1. The fourth-order valence-electron chi connectivity index (χ4n) is 1.82. The molecule has 2 aromatic carbocycles. The molecule has 2 amide bonds. The Morgan fingerprint density at radius 1 is 1.09 bits per heavy atom. The van der Waals surface area contributed by atoms with E-state index in [9.17, 15) is 9.59 Å². The first-order valence-electron chi connectivity index (χ1n) is 6.76. The predicted molar refractivity (Wildman–Crippen MR) is 90.3 cm³/mol. The third-order valence-electron chi connectivity index (χ3n) is 2.81. The van der Waals surface area contributed by atoms with Crippen molar-refractivity contribution >= 4 is 33.6 Å². The van der Waals surface area contributed by atoms with Crippen LogP contribution in [0.25, 0.3) is 0 Å². The highest BCUT2D eigenvalue weighted by Gasteiger charge is 2.11. The average Bonchev–Trinajstić information content (AvgIpc) is 2.54. The SMILES string of the molecule is NC(=O)Oc1ccccc1NC(=O)c1ccc(OCCBr)cc1. The predicted octanol–water partition coefficient (Wildman–Crippen LogP) is 3.17. The highest BCUT2D eigenvalue weighted by Crippen LogP contribution is 2.24. The molecule has 6 nitrogen and oxygen atoms in total. The fourth-order valence-corrected chi connectivity index (χ4v) is 1.98. The number of ether oxygens (including phenoxy) is 2. The summed E-state index contributed by atoms with van der Waals surface area (Å²) in [5.41, 5.74) is 5.81. The van der Waals surface area contributed by atoms with Crippen LogP contribution >= 0.6 is 15.9 Å². The molecule has 0 saturated heterocycles. The molecule has 0 atom stereocenters. The van der Waals surface area contributed by atoms with Gasteiger partial charge in [-0.15, -0.1) is 0 Å². The number of carbonyl (C=O) groups excluding carboxylic acids is 2. The van der Waals surface area contributed by atoms with Gasteiger partial charge in [0, 0.05) is 10.9 Å². The molecule has 0 spiro atoms. The van der Waals surface area contributed by atoms with Gasteiger partial charge in [0.2, 0.25) is 0 Å². The minimum atomic E-state index is -0.944. The number of hydrogen-bond acceptors (Lipinski definition) is 4. The van der Waals surface area contributed by atoms with Crippen LogP contribution in [-0.4, -0.2) is 23.9 Å². The zero-order valence-corrected chi connectivity index (χ0v) is 13.7. The molecular weight excluding hydrogens is 364 g/mol. The maximum atomic E-state index is 12.2. The molecule has 0 unspecified atom stereocenters. The Morgan fingerprint density at radius 3 is 2.43 bits per heavy atom. The van der Waals surface area contributed by atoms with Gasteiger partial charge in [-0.1, -0.05) is 28.1 Å². The Balaban J connectivity index is 2.08. The highest BCUT2D eigenvalue weighted by atomic mass is 79.9. The van der Waals surface area contributed by atoms with Gasteiger partial charge in [-0.25, -0.2) is 4.79 Å². The van der Waals surface area contributed by atoms with Crippen molar-refractivity contribution in [2.45, 2.75) is 0 Å². The van der Waals surface area contributed by atoms with Crippen LogP contribution in [0.5, 0.6) is 11.5 Å². The molecule has 2 rings (SSSR count). The number of benzene rings is 2. The van der Waals surface area contributed by atoms with Crippen LogP contribution in [0.4, 0.5) is 10.5 Å². The van der Waals surface area contributed by atoms with Crippen LogP contribution in [0, 0.1) is 0 Å². The van der Waals surface area contributed by atoms with Crippen molar-refractivity contribution in [3.05, 3.63) is 54.1 Å². The lowest BCUT2D eigenvalue weighted by molar-refractivity contribution is 0.102. The fraction of sp³-hybridized carbons (Fsp3) is 0.125. The Bertz CT molecular complexity index is 689. The molecule has 0 aliphatic carbocycles. The van der Waals surface area contributed by atoms with E-state index in [0.29, 0.717) is 23.6 Å². The number of nitrogens with two attached hydrogens (primary N) is 1. The first-order chi connectivity index (χ1) is 11.1. The lowest BCUT2D eigenvalue weighted by atomic mass is 10.2. The maximum Gasteiger partial charge on any atom is 0.410 e. The van der Waals surface area contributed by atoms with E-state index in [1.54, 1.807) is 42.5 Å². The molecule has 0 radical (unpaired) electrons. The Morgan fingerprint density at radius 2 is 1.78 bits per heavy atom. The molecule has 0 bridgehead atoms.